The fraction of sp³-hybridized carbons (Fsp3) is 0.750. The molecule has 0 aliphatic carbocycles. The number of unbranched alkanes of at least 4 members (excludes halogenated alkanes) is 1. The third kappa shape index (κ3) is 23.6. The van der Waals surface area contributed by atoms with Gasteiger partial charge in [0.05, 0.1) is 98.9 Å². The Bertz CT molecular complexity index is 971. The predicted octanol–water partition coefficient (Wildman–Crippen LogP) is 4.38. The van der Waals surface area contributed by atoms with Crippen LogP contribution in [0.3, 0.4) is 0 Å². The van der Waals surface area contributed by atoms with Crippen LogP contribution < -0.4 is 10.1 Å². The zero-order chi connectivity index (χ0) is 34.8. The van der Waals surface area contributed by atoms with Crippen molar-refractivity contribution in [2.24, 2.45) is 5.41 Å². The third-order valence-corrected chi connectivity index (χ3v) is 6.12. The first-order valence-electron chi connectivity index (χ1n) is 15.9. The van der Waals surface area contributed by atoms with Gasteiger partial charge >= 0.3 is 5.97 Å². The van der Waals surface area contributed by atoms with Crippen molar-refractivity contribution < 1.29 is 65.0 Å². The number of hydrogen-bond donors (Lipinski definition) is 1. The Morgan fingerprint density at radius 3 is 1.38 bits per heavy atom. The minimum Gasteiger partial charge on any atom is -0.420 e. The van der Waals surface area contributed by atoms with Gasteiger partial charge in [-0.25, -0.2) is 8.78 Å². The Hall–Kier alpha value is -2.40. The van der Waals surface area contributed by atoms with Gasteiger partial charge in [0.2, 0.25) is 23.3 Å². The molecule has 11 nitrogen and oxygen atoms in total. The molecule has 0 saturated heterocycles. The van der Waals surface area contributed by atoms with E-state index in [0.29, 0.717) is 91.1 Å². The molecule has 0 radical (unpaired) electrons. The van der Waals surface area contributed by atoms with Gasteiger partial charge in [-0.15, -0.1) is 0 Å². The lowest BCUT2D eigenvalue weighted by atomic mass is 9.90. The van der Waals surface area contributed by atoms with Crippen LogP contribution in [0.4, 0.5) is 17.6 Å². The fourth-order valence-corrected chi connectivity index (χ4v) is 3.64. The largest absolute Gasteiger partial charge is 0.420 e. The van der Waals surface area contributed by atoms with E-state index >= 15 is 0 Å². The summed E-state index contributed by atoms with van der Waals surface area (Å²) in [5.41, 5.74) is 0.326. The molecule has 1 aromatic carbocycles. The summed E-state index contributed by atoms with van der Waals surface area (Å²) in [5.74, 6) is -9.48. The molecule has 1 rings (SSSR count). The summed E-state index contributed by atoms with van der Waals surface area (Å²) in [4.78, 5) is 23.4. The molecule has 272 valence electrons. The smallest absolute Gasteiger partial charge is 0.313 e. The summed E-state index contributed by atoms with van der Waals surface area (Å²) < 4.78 is 95.2. The van der Waals surface area contributed by atoms with Crippen molar-refractivity contribution in [3.8, 4) is 5.75 Å². The molecule has 1 amide bonds. The van der Waals surface area contributed by atoms with E-state index in [2.05, 4.69) is 30.8 Å². The molecule has 0 spiro atoms. The minimum atomic E-state index is -1.79. The maximum atomic E-state index is 13.5. The van der Waals surface area contributed by atoms with E-state index in [1.807, 2.05) is 0 Å². The van der Waals surface area contributed by atoms with Crippen molar-refractivity contribution in [3.63, 3.8) is 0 Å². The van der Waals surface area contributed by atoms with Crippen LogP contribution in [-0.2, 0) is 42.7 Å². The molecule has 15 heteroatoms. The minimum absolute atomic E-state index is 0.00355. The molecule has 0 atom stereocenters. The van der Waals surface area contributed by atoms with Crippen molar-refractivity contribution in [1.82, 2.24) is 5.32 Å². The van der Waals surface area contributed by atoms with E-state index in [1.54, 1.807) is 0 Å². The van der Waals surface area contributed by atoms with Gasteiger partial charge in [0.15, 0.2) is 11.6 Å². The second-order valence-corrected chi connectivity index (χ2v) is 11.4. The molecule has 0 bridgehead atoms. The van der Waals surface area contributed by atoms with Gasteiger partial charge in [-0.3, -0.25) is 9.59 Å². The third-order valence-electron chi connectivity index (χ3n) is 6.12. The Morgan fingerprint density at radius 1 is 0.596 bits per heavy atom. The molecule has 0 aliphatic heterocycles. The summed E-state index contributed by atoms with van der Waals surface area (Å²) in [6.45, 7) is 11.8. The number of hydrogen-bond acceptors (Lipinski definition) is 10. The standard InChI is InChI=1S/C32H51F4NO10/c1-32(2,3)8-4-5-9-37-27(38)6-10-40-12-14-42-16-18-44-20-22-46-23-21-45-19-17-43-15-13-41-11-7-28(39)47-31-29(35)25(33)24-26(34)30(31)36/h24H,4-23H2,1-3H3,(H,37,38). The van der Waals surface area contributed by atoms with Crippen LogP contribution in [-0.4, -0.2) is 111 Å². The average molecular weight is 686 g/mol. The highest BCUT2D eigenvalue weighted by Gasteiger charge is 2.23. The first kappa shape index (κ1) is 42.6. The van der Waals surface area contributed by atoms with Crippen molar-refractivity contribution in [2.75, 3.05) is 99.0 Å². The zero-order valence-corrected chi connectivity index (χ0v) is 27.8. The van der Waals surface area contributed by atoms with Gasteiger partial charge < -0.3 is 43.2 Å². The Labute approximate surface area is 274 Å². The van der Waals surface area contributed by atoms with Gasteiger partial charge in [-0.2, -0.15) is 8.78 Å². The summed E-state index contributed by atoms with van der Waals surface area (Å²) in [6.07, 6.45) is 3.18. The van der Waals surface area contributed by atoms with Crippen molar-refractivity contribution >= 4 is 11.9 Å². The van der Waals surface area contributed by atoms with Crippen LogP contribution in [0.2, 0.25) is 0 Å². The first-order valence-corrected chi connectivity index (χ1v) is 15.9. The van der Waals surface area contributed by atoms with Crippen molar-refractivity contribution in [3.05, 3.63) is 29.3 Å². The number of carbonyl (C=O) groups is 2. The quantitative estimate of drug-likeness (QED) is 0.0428. The molecule has 0 aromatic heterocycles. The molecule has 47 heavy (non-hydrogen) atoms. The molecule has 1 N–H and O–H groups in total. The highest BCUT2D eigenvalue weighted by atomic mass is 19.2. The number of rotatable bonds is 29. The number of ether oxygens (including phenoxy) is 8. The summed E-state index contributed by atoms with van der Waals surface area (Å²) in [6, 6.07) is 0.0179. The monoisotopic (exact) mass is 685 g/mol. The van der Waals surface area contributed by atoms with Crippen molar-refractivity contribution in [1.29, 1.82) is 0 Å². The topological polar surface area (TPSA) is 120 Å². The molecule has 0 heterocycles. The lowest BCUT2D eigenvalue weighted by Crippen LogP contribution is -2.25. The molecule has 1 aromatic rings. The first-order chi connectivity index (χ1) is 22.5. The van der Waals surface area contributed by atoms with Crippen LogP contribution in [0.15, 0.2) is 6.07 Å². The number of carbonyl (C=O) groups excluding carboxylic acids is 2. The van der Waals surface area contributed by atoms with E-state index in [0.717, 1.165) is 19.3 Å². The van der Waals surface area contributed by atoms with Gasteiger partial charge in [-0.1, -0.05) is 27.2 Å². The SMILES string of the molecule is CC(C)(C)CCCCNC(=O)CCOCCOCCOCCOCCOCCOCCOCCC(=O)Oc1c(F)c(F)cc(F)c1F. The maximum Gasteiger partial charge on any atom is 0.313 e. The lowest BCUT2D eigenvalue weighted by molar-refractivity contribution is -0.136. The van der Waals surface area contributed by atoms with Gasteiger partial charge in [0.25, 0.3) is 0 Å². The predicted molar refractivity (Wildman–Crippen MR) is 163 cm³/mol. The number of nitrogens with one attached hydrogen (secondary N) is 1. The molecular formula is C32H51F4NO10. The summed E-state index contributed by atoms with van der Waals surface area (Å²) in [7, 11) is 0. The highest BCUT2D eigenvalue weighted by molar-refractivity contribution is 5.75. The molecule has 0 fully saturated rings. The second-order valence-electron chi connectivity index (χ2n) is 11.4. The molecule has 0 saturated carbocycles. The molecular weight excluding hydrogens is 634 g/mol. The Morgan fingerprint density at radius 2 is 0.979 bits per heavy atom. The van der Waals surface area contributed by atoms with E-state index in [9.17, 15) is 27.2 Å². The summed E-state index contributed by atoms with van der Waals surface area (Å²) in [5, 5.41) is 2.91. The number of benzene rings is 1. The van der Waals surface area contributed by atoms with Gasteiger partial charge in [-0.05, 0) is 18.3 Å². The number of amides is 1. The normalized spacial score (nSPS) is 11.6. The fourth-order valence-electron chi connectivity index (χ4n) is 3.64. The van der Waals surface area contributed by atoms with Gasteiger partial charge in [0.1, 0.15) is 0 Å². The van der Waals surface area contributed by atoms with Crippen LogP contribution >= 0.6 is 0 Å². The van der Waals surface area contributed by atoms with E-state index in [4.69, 9.17) is 33.2 Å². The van der Waals surface area contributed by atoms with Crippen LogP contribution in [0.1, 0.15) is 52.9 Å². The Kier molecular flexibility index (Phi) is 24.1. The van der Waals surface area contributed by atoms with Crippen LogP contribution in [0, 0.1) is 28.7 Å². The van der Waals surface area contributed by atoms with E-state index in [1.165, 1.54) is 0 Å². The highest BCUT2D eigenvalue weighted by Crippen LogP contribution is 2.26. The van der Waals surface area contributed by atoms with Crippen molar-refractivity contribution in [2.45, 2.75) is 52.9 Å². The second kappa shape index (κ2) is 26.5. The number of esters is 1. The summed E-state index contributed by atoms with van der Waals surface area (Å²) >= 11 is 0. The van der Waals surface area contributed by atoms with Gasteiger partial charge in [0, 0.05) is 19.0 Å². The van der Waals surface area contributed by atoms with E-state index < -0.39 is 41.4 Å². The number of halogens is 4. The Balaban J connectivity index is 1.78. The maximum absolute atomic E-state index is 13.5. The average Bonchev–Trinajstić information content (AvgIpc) is 3.01. The van der Waals surface area contributed by atoms with Crippen LogP contribution in [0.5, 0.6) is 5.75 Å². The lowest BCUT2D eigenvalue weighted by Gasteiger charge is -2.17. The zero-order valence-electron chi connectivity index (χ0n) is 27.8. The van der Waals surface area contributed by atoms with E-state index in [-0.39, 0.29) is 31.8 Å². The van der Waals surface area contributed by atoms with Crippen LogP contribution in [0.25, 0.3) is 0 Å². The molecule has 0 aliphatic rings. The molecule has 0 unspecified atom stereocenters.